The molecule has 0 bridgehead atoms. The summed E-state index contributed by atoms with van der Waals surface area (Å²) in [7, 11) is 0. The first-order valence-corrected chi connectivity index (χ1v) is 2.62. The zero-order valence-electron chi connectivity index (χ0n) is 4.66. The SMILES string of the molecule is CC(C)=CCNCl. The number of halogens is 1. The molecule has 0 saturated carbocycles. The van der Waals surface area contributed by atoms with Crippen molar-refractivity contribution in [3.05, 3.63) is 11.6 Å². The maximum atomic E-state index is 5.15. The molecule has 1 nitrogen and oxygen atoms in total. The summed E-state index contributed by atoms with van der Waals surface area (Å²) in [6, 6.07) is 0. The molecular weight excluding hydrogens is 110 g/mol. The van der Waals surface area contributed by atoms with E-state index in [4.69, 9.17) is 11.8 Å². The molecule has 0 saturated heterocycles. The van der Waals surface area contributed by atoms with Gasteiger partial charge in [-0.2, -0.15) is 0 Å². The standard InChI is InChI=1S/C5H10ClN/c1-5(2)3-4-7-6/h3,7H,4H2,1-2H3. The largest absolute Gasteiger partial charge is 0.230 e. The van der Waals surface area contributed by atoms with Crippen LogP contribution in [0.15, 0.2) is 11.6 Å². The molecule has 0 amide bonds. The highest BCUT2D eigenvalue weighted by molar-refractivity contribution is 6.13. The van der Waals surface area contributed by atoms with Crippen molar-refractivity contribution in [1.29, 1.82) is 0 Å². The van der Waals surface area contributed by atoms with Crippen molar-refractivity contribution >= 4 is 11.8 Å². The molecule has 0 unspecified atom stereocenters. The minimum absolute atomic E-state index is 0.754. The average molecular weight is 120 g/mol. The van der Waals surface area contributed by atoms with Crippen molar-refractivity contribution in [2.45, 2.75) is 13.8 Å². The van der Waals surface area contributed by atoms with E-state index in [1.54, 1.807) is 0 Å². The van der Waals surface area contributed by atoms with E-state index in [2.05, 4.69) is 4.84 Å². The van der Waals surface area contributed by atoms with E-state index < -0.39 is 0 Å². The van der Waals surface area contributed by atoms with Crippen molar-refractivity contribution in [1.82, 2.24) is 4.84 Å². The van der Waals surface area contributed by atoms with Crippen LogP contribution in [0.3, 0.4) is 0 Å². The van der Waals surface area contributed by atoms with Crippen LogP contribution >= 0.6 is 11.8 Å². The molecule has 42 valence electrons. The lowest BCUT2D eigenvalue weighted by Crippen LogP contribution is -1.95. The number of hydrogen-bond acceptors (Lipinski definition) is 1. The van der Waals surface area contributed by atoms with Gasteiger partial charge in [0.05, 0.1) is 0 Å². The van der Waals surface area contributed by atoms with Gasteiger partial charge < -0.3 is 0 Å². The Balaban J connectivity index is 3.08. The van der Waals surface area contributed by atoms with Gasteiger partial charge in [0.15, 0.2) is 0 Å². The Labute approximate surface area is 49.5 Å². The van der Waals surface area contributed by atoms with Crippen LogP contribution in [0.5, 0.6) is 0 Å². The molecule has 0 radical (unpaired) electrons. The summed E-state index contributed by atoms with van der Waals surface area (Å²) >= 11 is 5.15. The number of allylic oxidation sites excluding steroid dienone is 1. The second kappa shape index (κ2) is 4.16. The third-order valence-corrected chi connectivity index (χ3v) is 0.742. The summed E-state index contributed by atoms with van der Waals surface area (Å²) in [4.78, 5) is 2.49. The van der Waals surface area contributed by atoms with Gasteiger partial charge in [0.25, 0.3) is 0 Å². The molecule has 0 aromatic carbocycles. The molecular formula is C5H10ClN. The number of hydrogen-bond donors (Lipinski definition) is 1. The number of rotatable bonds is 2. The highest BCUT2D eigenvalue weighted by Crippen LogP contribution is 1.84. The van der Waals surface area contributed by atoms with Crippen molar-refractivity contribution in [3.8, 4) is 0 Å². The Bertz CT molecular complexity index is 64.5. The third-order valence-electron chi connectivity index (χ3n) is 0.587. The molecule has 0 fully saturated rings. The second-order valence-corrected chi connectivity index (χ2v) is 1.89. The monoisotopic (exact) mass is 119 g/mol. The van der Waals surface area contributed by atoms with Crippen LogP contribution in [0.1, 0.15) is 13.8 Å². The van der Waals surface area contributed by atoms with Crippen LogP contribution in [0.25, 0.3) is 0 Å². The van der Waals surface area contributed by atoms with Gasteiger partial charge in [-0.15, -0.1) is 0 Å². The fourth-order valence-corrected chi connectivity index (χ4v) is 0.320. The first-order valence-electron chi connectivity index (χ1n) is 2.24. The molecule has 7 heavy (non-hydrogen) atoms. The smallest absolute Gasteiger partial charge is 0.0291 e. The Morgan fingerprint density at radius 1 is 1.71 bits per heavy atom. The van der Waals surface area contributed by atoms with E-state index in [9.17, 15) is 0 Å². The van der Waals surface area contributed by atoms with Crippen LogP contribution in [0.4, 0.5) is 0 Å². The fraction of sp³-hybridized carbons (Fsp3) is 0.600. The molecule has 0 aliphatic rings. The molecule has 1 N–H and O–H groups in total. The van der Waals surface area contributed by atoms with E-state index in [1.165, 1.54) is 5.57 Å². The first-order chi connectivity index (χ1) is 3.27. The Hall–Kier alpha value is -0.0100. The van der Waals surface area contributed by atoms with E-state index in [0.29, 0.717) is 0 Å². The van der Waals surface area contributed by atoms with Gasteiger partial charge >= 0.3 is 0 Å². The topological polar surface area (TPSA) is 12.0 Å². The molecule has 0 atom stereocenters. The fourth-order valence-electron chi connectivity index (χ4n) is 0.243. The lowest BCUT2D eigenvalue weighted by molar-refractivity contribution is 1.09. The Morgan fingerprint density at radius 3 is 2.43 bits per heavy atom. The third kappa shape index (κ3) is 5.99. The first kappa shape index (κ1) is 6.99. The molecule has 0 aromatic rings. The highest BCUT2D eigenvalue weighted by Gasteiger charge is 1.72. The van der Waals surface area contributed by atoms with Crippen LogP contribution in [-0.2, 0) is 0 Å². The summed E-state index contributed by atoms with van der Waals surface area (Å²) in [6.45, 7) is 4.83. The minimum Gasteiger partial charge on any atom is -0.230 e. The van der Waals surface area contributed by atoms with Crippen molar-refractivity contribution in [2.24, 2.45) is 0 Å². The summed E-state index contributed by atoms with van der Waals surface area (Å²) in [6.07, 6.45) is 2.02. The second-order valence-electron chi connectivity index (χ2n) is 1.62. The van der Waals surface area contributed by atoms with Crippen molar-refractivity contribution in [2.75, 3.05) is 6.54 Å². The van der Waals surface area contributed by atoms with Gasteiger partial charge in [0.2, 0.25) is 0 Å². The molecule has 0 rings (SSSR count). The van der Waals surface area contributed by atoms with Crippen LogP contribution in [0.2, 0.25) is 0 Å². The summed E-state index contributed by atoms with van der Waals surface area (Å²) < 4.78 is 0. The van der Waals surface area contributed by atoms with Crippen molar-refractivity contribution < 1.29 is 0 Å². The summed E-state index contributed by atoms with van der Waals surface area (Å²) in [5.41, 5.74) is 1.29. The molecule has 2 heteroatoms. The molecule has 0 heterocycles. The predicted molar refractivity (Wildman–Crippen MR) is 33.3 cm³/mol. The predicted octanol–water partition coefficient (Wildman–Crippen LogP) is 1.70. The van der Waals surface area contributed by atoms with Gasteiger partial charge in [-0.3, -0.25) is 0 Å². The quantitative estimate of drug-likeness (QED) is 0.431. The van der Waals surface area contributed by atoms with Gasteiger partial charge in [0.1, 0.15) is 0 Å². The van der Waals surface area contributed by atoms with Gasteiger partial charge in [-0.1, -0.05) is 11.6 Å². The highest BCUT2D eigenvalue weighted by atomic mass is 35.5. The van der Waals surface area contributed by atoms with Crippen LogP contribution in [0, 0.1) is 0 Å². The Kier molecular flexibility index (Phi) is 4.15. The van der Waals surface area contributed by atoms with Crippen molar-refractivity contribution in [3.63, 3.8) is 0 Å². The summed E-state index contributed by atoms with van der Waals surface area (Å²) in [5, 5.41) is 0. The van der Waals surface area contributed by atoms with E-state index in [-0.39, 0.29) is 0 Å². The lowest BCUT2D eigenvalue weighted by atomic mass is 10.3. The van der Waals surface area contributed by atoms with E-state index >= 15 is 0 Å². The Morgan fingerprint density at radius 2 is 2.29 bits per heavy atom. The molecule has 0 spiro atoms. The maximum Gasteiger partial charge on any atom is 0.0291 e. The molecule has 0 aliphatic carbocycles. The van der Waals surface area contributed by atoms with Gasteiger partial charge in [-0.25, -0.2) is 4.84 Å². The van der Waals surface area contributed by atoms with E-state index in [1.807, 2.05) is 19.9 Å². The maximum absolute atomic E-state index is 5.15. The lowest BCUT2D eigenvalue weighted by Gasteiger charge is -1.86. The van der Waals surface area contributed by atoms with E-state index in [0.717, 1.165) is 6.54 Å². The van der Waals surface area contributed by atoms with Gasteiger partial charge in [-0.05, 0) is 25.6 Å². The van der Waals surface area contributed by atoms with Gasteiger partial charge in [0, 0.05) is 6.54 Å². The molecule has 0 aliphatic heterocycles. The number of nitrogens with one attached hydrogen (secondary N) is 1. The molecule has 0 aromatic heterocycles. The van der Waals surface area contributed by atoms with Crippen LogP contribution < -0.4 is 4.84 Å². The van der Waals surface area contributed by atoms with Crippen LogP contribution in [-0.4, -0.2) is 6.54 Å². The normalized spacial score (nSPS) is 8.43. The zero-order chi connectivity index (χ0) is 5.70. The zero-order valence-corrected chi connectivity index (χ0v) is 5.42. The minimum atomic E-state index is 0.754. The average Bonchev–Trinajstić information content (AvgIpc) is 1.61. The summed E-state index contributed by atoms with van der Waals surface area (Å²) in [5.74, 6) is 0.